The number of hydrogen-bond acceptors (Lipinski definition) is 4. The highest BCUT2D eigenvalue weighted by Crippen LogP contribution is 2.24. The summed E-state index contributed by atoms with van der Waals surface area (Å²) >= 11 is 5.63. The van der Waals surface area contributed by atoms with E-state index >= 15 is 0 Å². The highest BCUT2D eigenvalue weighted by molar-refractivity contribution is 6.17. The van der Waals surface area contributed by atoms with Gasteiger partial charge in [0, 0.05) is 18.0 Å². The van der Waals surface area contributed by atoms with Crippen molar-refractivity contribution >= 4 is 23.3 Å². The molecule has 1 N–H and O–H groups in total. The molecule has 0 saturated carbocycles. The van der Waals surface area contributed by atoms with E-state index in [9.17, 15) is 0 Å². The van der Waals surface area contributed by atoms with E-state index < -0.39 is 0 Å². The second kappa shape index (κ2) is 5.87. The number of para-hydroxylation sites is 1. The number of benzene rings is 1. The molecule has 1 heterocycles. The van der Waals surface area contributed by atoms with Crippen LogP contribution in [0.3, 0.4) is 0 Å². The minimum absolute atomic E-state index is 0.416. The third kappa shape index (κ3) is 2.82. The number of rotatable bonds is 5. The molecule has 1 aromatic heterocycles. The Kier molecular flexibility index (Phi) is 4.20. The van der Waals surface area contributed by atoms with Crippen LogP contribution in [0.1, 0.15) is 23.9 Å². The fourth-order valence-electron chi connectivity index (χ4n) is 1.79. The van der Waals surface area contributed by atoms with Crippen LogP contribution in [-0.4, -0.2) is 16.1 Å². The SMILES string of the molecule is CCc1cccc(C)c1Nc1nnc(CCCl)o1. The first-order valence-electron chi connectivity index (χ1n) is 5.98. The van der Waals surface area contributed by atoms with Crippen LogP contribution in [0.25, 0.3) is 0 Å². The van der Waals surface area contributed by atoms with Gasteiger partial charge in [0.1, 0.15) is 0 Å². The first-order chi connectivity index (χ1) is 8.74. The van der Waals surface area contributed by atoms with E-state index in [0.717, 1.165) is 17.7 Å². The number of nitrogens with zero attached hydrogens (tertiary/aromatic N) is 2. The Bertz CT molecular complexity index is 525. The maximum atomic E-state index is 5.63. The third-order valence-electron chi connectivity index (χ3n) is 2.75. The van der Waals surface area contributed by atoms with Crippen LogP contribution in [0.4, 0.5) is 11.7 Å². The van der Waals surface area contributed by atoms with E-state index in [1.165, 1.54) is 5.56 Å². The predicted molar refractivity (Wildman–Crippen MR) is 72.6 cm³/mol. The van der Waals surface area contributed by atoms with E-state index in [-0.39, 0.29) is 0 Å². The zero-order valence-electron chi connectivity index (χ0n) is 10.5. The van der Waals surface area contributed by atoms with Crippen molar-refractivity contribution in [3.05, 3.63) is 35.2 Å². The Morgan fingerprint density at radius 1 is 1.33 bits per heavy atom. The lowest BCUT2D eigenvalue weighted by Gasteiger charge is -2.10. The van der Waals surface area contributed by atoms with E-state index in [4.69, 9.17) is 16.0 Å². The fourth-order valence-corrected chi connectivity index (χ4v) is 1.96. The summed E-state index contributed by atoms with van der Waals surface area (Å²) in [6, 6.07) is 6.61. The van der Waals surface area contributed by atoms with Crippen molar-refractivity contribution in [3.8, 4) is 0 Å². The van der Waals surface area contributed by atoms with Crippen molar-refractivity contribution < 1.29 is 4.42 Å². The van der Waals surface area contributed by atoms with Gasteiger partial charge < -0.3 is 9.73 Å². The lowest BCUT2D eigenvalue weighted by molar-refractivity contribution is 0.516. The average molecular weight is 266 g/mol. The van der Waals surface area contributed by atoms with Crippen LogP contribution in [0.5, 0.6) is 0 Å². The summed E-state index contributed by atoms with van der Waals surface area (Å²) in [6.45, 7) is 4.17. The van der Waals surface area contributed by atoms with Gasteiger partial charge in [-0.05, 0) is 24.5 Å². The van der Waals surface area contributed by atoms with Crippen molar-refractivity contribution in [2.24, 2.45) is 0 Å². The lowest BCUT2D eigenvalue weighted by Crippen LogP contribution is -1.98. The molecule has 0 atom stereocenters. The molecular weight excluding hydrogens is 250 g/mol. The summed E-state index contributed by atoms with van der Waals surface area (Å²) in [5.74, 6) is 1.03. The molecule has 0 aliphatic rings. The van der Waals surface area contributed by atoms with Gasteiger partial charge in [-0.3, -0.25) is 0 Å². The second-order valence-corrected chi connectivity index (χ2v) is 4.41. The summed E-state index contributed by atoms with van der Waals surface area (Å²) in [6.07, 6.45) is 1.54. The van der Waals surface area contributed by atoms with Gasteiger partial charge in [0.15, 0.2) is 0 Å². The van der Waals surface area contributed by atoms with Gasteiger partial charge in [-0.25, -0.2) is 0 Å². The highest BCUT2D eigenvalue weighted by Gasteiger charge is 2.09. The fraction of sp³-hybridized carbons (Fsp3) is 0.385. The van der Waals surface area contributed by atoms with Gasteiger partial charge >= 0.3 is 6.01 Å². The zero-order valence-corrected chi connectivity index (χ0v) is 11.3. The van der Waals surface area contributed by atoms with Crippen LogP contribution in [0.2, 0.25) is 0 Å². The van der Waals surface area contributed by atoms with Gasteiger partial charge in [0.25, 0.3) is 0 Å². The Balaban J connectivity index is 2.22. The van der Waals surface area contributed by atoms with Crippen LogP contribution >= 0.6 is 11.6 Å². The molecule has 96 valence electrons. The molecule has 0 bridgehead atoms. The molecule has 0 radical (unpaired) electrons. The largest absolute Gasteiger partial charge is 0.408 e. The quantitative estimate of drug-likeness (QED) is 0.841. The van der Waals surface area contributed by atoms with Crippen LogP contribution < -0.4 is 5.32 Å². The Labute approximate surface area is 111 Å². The van der Waals surface area contributed by atoms with Gasteiger partial charge in [0.05, 0.1) is 0 Å². The standard InChI is InChI=1S/C13H16ClN3O/c1-3-10-6-4-5-9(2)12(10)15-13-17-16-11(18-13)7-8-14/h4-6H,3,7-8H2,1-2H3,(H,15,17). The van der Waals surface area contributed by atoms with Crippen LogP contribution in [0.15, 0.2) is 22.6 Å². The first-order valence-corrected chi connectivity index (χ1v) is 6.52. The van der Waals surface area contributed by atoms with E-state index in [1.807, 2.05) is 6.07 Å². The molecule has 0 amide bonds. The number of alkyl halides is 1. The monoisotopic (exact) mass is 265 g/mol. The number of halogens is 1. The average Bonchev–Trinajstić information content (AvgIpc) is 2.80. The molecule has 2 aromatic rings. The molecule has 0 spiro atoms. The molecule has 4 nitrogen and oxygen atoms in total. The van der Waals surface area contributed by atoms with Crippen molar-refractivity contribution in [2.45, 2.75) is 26.7 Å². The Morgan fingerprint density at radius 2 is 2.17 bits per heavy atom. The van der Waals surface area contributed by atoms with E-state index in [1.54, 1.807) is 0 Å². The number of hydrogen-bond donors (Lipinski definition) is 1. The minimum Gasteiger partial charge on any atom is -0.408 e. The Hall–Kier alpha value is -1.55. The van der Waals surface area contributed by atoms with Crippen molar-refractivity contribution in [1.29, 1.82) is 0 Å². The molecule has 5 heteroatoms. The number of aryl methyl sites for hydroxylation is 3. The van der Waals surface area contributed by atoms with Crippen LogP contribution in [-0.2, 0) is 12.8 Å². The van der Waals surface area contributed by atoms with Crippen molar-refractivity contribution in [2.75, 3.05) is 11.2 Å². The molecule has 0 fully saturated rings. The predicted octanol–water partition coefficient (Wildman–Crippen LogP) is 3.47. The molecule has 0 unspecified atom stereocenters. The van der Waals surface area contributed by atoms with Crippen LogP contribution in [0, 0.1) is 6.92 Å². The maximum Gasteiger partial charge on any atom is 0.320 e. The topological polar surface area (TPSA) is 51.0 Å². The van der Waals surface area contributed by atoms with Gasteiger partial charge in [-0.1, -0.05) is 30.2 Å². The molecule has 1 aromatic carbocycles. The van der Waals surface area contributed by atoms with Crippen molar-refractivity contribution in [3.63, 3.8) is 0 Å². The first kappa shape index (κ1) is 12.9. The number of aromatic nitrogens is 2. The molecule has 0 aliphatic heterocycles. The number of nitrogens with one attached hydrogen (secondary N) is 1. The molecule has 0 saturated heterocycles. The summed E-state index contributed by atoms with van der Waals surface area (Å²) in [5, 5.41) is 11.1. The highest BCUT2D eigenvalue weighted by atomic mass is 35.5. The number of anilines is 2. The molecule has 2 rings (SSSR count). The third-order valence-corrected chi connectivity index (χ3v) is 2.94. The molecule has 18 heavy (non-hydrogen) atoms. The summed E-state index contributed by atoms with van der Waals surface area (Å²) in [4.78, 5) is 0. The normalized spacial score (nSPS) is 10.6. The lowest BCUT2D eigenvalue weighted by atomic mass is 10.1. The van der Waals surface area contributed by atoms with Gasteiger partial charge in [0.2, 0.25) is 5.89 Å². The smallest absolute Gasteiger partial charge is 0.320 e. The second-order valence-electron chi connectivity index (χ2n) is 4.03. The minimum atomic E-state index is 0.416. The molecule has 0 aliphatic carbocycles. The van der Waals surface area contributed by atoms with E-state index in [2.05, 4.69) is 41.5 Å². The summed E-state index contributed by atoms with van der Waals surface area (Å²) in [7, 11) is 0. The van der Waals surface area contributed by atoms with E-state index in [0.29, 0.717) is 24.2 Å². The summed E-state index contributed by atoms with van der Waals surface area (Å²) < 4.78 is 5.46. The molecular formula is C13H16ClN3O. The van der Waals surface area contributed by atoms with Gasteiger partial charge in [-0.15, -0.1) is 16.7 Å². The maximum absolute atomic E-state index is 5.63. The van der Waals surface area contributed by atoms with Gasteiger partial charge in [-0.2, -0.15) is 0 Å². The Morgan fingerprint density at radius 3 is 2.89 bits per heavy atom. The zero-order chi connectivity index (χ0) is 13.0. The summed E-state index contributed by atoms with van der Waals surface area (Å²) in [5.41, 5.74) is 3.43. The van der Waals surface area contributed by atoms with Crippen molar-refractivity contribution in [1.82, 2.24) is 10.2 Å².